The second kappa shape index (κ2) is 4.47. The molecule has 1 heterocycles. The fraction of sp³-hybridized carbons (Fsp3) is 0.0833. The van der Waals surface area contributed by atoms with E-state index in [1.165, 1.54) is 11.3 Å². The highest BCUT2D eigenvalue weighted by Gasteiger charge is 2.14. The van der Waals surface area contributed by atoms with Crippen LogP contribution in [0.2, 0.25) is 0 Å². The molecule has 2 rings (SSSR count). The van der Waals surface area contributed by atoms with Gasteiger partial charge in [-0.15, -0.1) is 11.3 Å². The van der Waals surface area contributed by atoms with Crippen molar-refractivity contribution in [3.05, 3.63) is 34.5 Å². The van der Waals surface area contributed by atoms with Gasteiger partial charge in [0.05, 0.1) is 12.8 Å². The predicted octanol–water partition coefficient (Wildman–Crippen LogP) is 2.70. The van der Waals surface area contributed by atoms with Gasteiger partial charge in [-0.2, -0.15) is 0 Å². The molecule has 5 heteroatoms. The molecule has 17 heavy (non-hydrogen) atoms. The van der Waals surface area contributed by atoms with Crippen molar-refractivity contribution in [3.63, 3.8) is 0 Å². The van der Waals surface area contributed by atoms with Crippen LogP contribution in [0.15, 0.2) is 29.6 Å². The van der Waals surface area contributed by atoms with Gasteiger partial charge in [-0.05, 0) is 29.1 Å². The van der Waals surface area contributed by atoms with E-state index in [1.54, 1.807) is 36.8 Å². The van der Waals surface area contributed by atoms with Crippen molar-refractivity contribution < 1.29 is 14.6 Å². The van der Waals surface area contributed by atoms with E-state index in [0.717, 1.165) is 5.56 Å². The summed E-state index contributed by atoms with van der Waals surface area (Å²) in [7, 11) is 1.54. The van der Waals surface area contributed by atoms with Crippen LogP contribution in [0, 0.1) is 0 Å². The molecular formula is C12H11NO3S. The number of hydrogen-bond acceptors (Lipinski definition) is 4. The van der Waals surface area contributed by atoms with E-state index < -0.39 is 5.97 Å². The van der Waals surface area contributed by atoms with Gasteiger partial charge in [0.1, 0.15) is 10.6 Å². The number of rotatable bonds is 3. The van der Waals surface area contributed by atoms with Crippen LogP contribution in [0.1, 0.15) is 9.67 Å². The van der Waals surface area contributed by atoms with Crippen LogP contribution < -0.4 is 10.5 Å². The summed E-state index contributed by atoms with van der Waals surface area (Å²) in [5, 5.41) is 10.8. The van der Waals surface area contributed by atoms with Crippen molar-refractivity contribution in [1.82, 2.24) is 0 Å². The van der Waals surface area contributed by atoms with Crippen molar-refractivity contribution in [2.24, 2.45) is 0 Å². The SMILES string of the molecule is COc1ccc(-c2ccsc2C(=O)O)cc1N. The van der Waals surface area contributed by atoms with E-state index in [9.17, 15) is 4.79 Å². The molecule has 0 fully saturated rings. The number of carboxylic acids is 1. The van der Waals surface area contributed by atoms with E-state index in [4.69, 9.17) is 15.6 Å². The first kappa shape index (κ1) is 11.5. The van der Waals surface area contributed by atoms with Crippen molar-refractivity contribution in [1.29, 1.82) is 0 Å². The second-order valence-electron chi connectivity index (χ2n) is 3.43. The maximum Gasteiger partial charge on any atom is 0.346 e. The third-order valence-corrected chi connectivity index (χ3v) is 3.30. The van der Waals surface area contributed by atoms with Crippen LogP contribution >= 0.6 is 11.3 Å². The molecule has 4 nitrogen and oxygen atoms in total. The van der Waals surface area contributed by atoms with E-state index >= 15 is 0 Å². The minimum Gasteiger partial charge on any atom is -0.495 e. The summed E-state index contributed by atoms with van der Waals surface area (Å²) in [5.41, 5.74) is 7.75. The summed E-state index contributed by atoms with van der Waals surface area (Å²) in [4.78, 5) is 11.3. The molecule has 0 saturated heterocycles. The van der Waals surface area contributed by atoms with Gasteiger partial charge in [0, 0.05) is 5.56 Å². The van der Waals surface area contributed by atoms with Gasteiger partial charge < -0.3 is 15.6 Å². The number of hydrogen-bond donors (Lipinski definition) is 2. The number of ether oxygens (including phenoxy) is 1. The first-order valence-electron chi connectivity index (χ1n) is 4.88. The lowest BCUT2D eigenvalue weighted by molar-refractivity contribution is 0.0703. The van der Waals surface area contributed by atoms with Gasteiger partial charge in [-0.25, -0.2) is 4.79 Å². The van der Waals surface area contributed by atoms with Gasteiger partial charge in [-0.3, -0.25) is 0 Å². The zero-order valence-electron chi connectivity index (χ0n) is 9.14. The number of aromatic carboxylic acids is 1. The molecule has 0 atom stereocenters. The number of methoxy groups -OCH3 is 1. The standard InChI is InChI=1S/C12H11NO3S/c1-16-10-3-2-7(6-9(10)13)8-4-5-17-11(8)12(14)15/h2-6H,13H2,1H3,(H,14,15). The fourth-order valence-corrected chi connectivity index (χ4v) is 2.36. The average molecular weight is 249 g/mol. The Labute approximate surface area is 102 Å². The fourth-order valence-electron chi connectivity index (χ4n) is 1.60. The molecule has 3 N–H and O–H groups in total. The Balaban J connectivity index is 2.50. The minimum absolute atomic E-state index is 0.314. The number of nitrogen functional groups attached to an aromatic ring is 1. The zero-order chi connectivity index (χ0) is 12.4. The van der Waals surface area contributed by atoms with Crippen molar-refractivity contribution in [2.75, 3.05) is 12.8 Å². The van der Waals surface area contributed by atoms with E-state index in [1.807, 2.05) is 0 Å². The lowest BCUT2D eigenvalue weighted by Crippen LogP contribution is -1.96. The number of carbonyl (C=O) groups is 1. The Morgan fingerprint density at radius 2 is 2.18 bits per heavy atom. The number of anilines is 1. The first-order chi connectivity index (χ1) is 8.13. The van der Waals surface area contributed by atoms with Crippen LogP contribution in [0.25, 0.3) is 11.1 Å². The van der Waals surface area contributed by atoms with Gasteiger partial charge in [0.2, 0.25) is 0 Å². The van der Waals surface area contributed by atoms with Gasteiger partial charge >= 0.3 is 5.97 Å². The maximum atomic E-state index is 11.0. The number of carboxylic acid groups (broad SMARTS) is 1. The predicted molar refractivity (Wildman–Crippen MR) is 67.7 cm³/mol. The van der Waals surface area contributed by atoms with Crippen LogP contribution in [-0.4, -0.2) is 18.2 Å². The zero-order valence-corrected chi connectivity index (χ0v) is 9.95. The van der Waals surface area contributed by atoms with E-state index in [2.05, 4.69) is 0 Å². The Bertz CT molecular complexity index is 563. The lowest BCUT2D eigenvalue weighted by atomic mass is 10.1. The number of thiophene rings is 1. The third kappa shape index (κ3) is 2.09. The van der Waals surface area contributed by atoms with Crippen LogP contribution in [0.4, 0.5) is 5.69 Å². The maximum absolute atomic E-state index is 11.0. The van der Waals surface area contributed by atoms with Crippen LogP contribution in [-0.2, 0) is 0 Å². The highest BCUT2D eigenvalue weighted by molar-refractivity contribution is 7.12. The van der Waals surface area contributed by atoms with Gasteiger partial charge in [-0.1, -0.05) is 6.07 Å². The topological polar surface area (TPSA) is 72.5 Å². The average Bonchev–Trinajstić information content (AvgIpc) is 2.77. The Morgan fingerprint density at radius 1 is 1.41 bits per heavy atom. The third-order valence-electron chi connectivity index (χ3n) is 2.40. The van der Waals surface area contributed by atoms with E-state index in [-0.39, 0.29) is 0 Å². The highest BCUT2D eigenvalue weighted by atomic mass is 32.1. The largest absolute Gasteiger partial charge is 0.495 e. The molecule has 0 bridgehead atoms. The van der Waals surface area contributed by atoms with E-state index in [0.29, 0.717) is 21.9 Å². The molecule has 2 aromatic rings. The van der Waals surface area contributed by atoms with Gasteiger partial charge in [0.15, 0.2) is 0 Å². The highest BCUT2D eigenvalue weighted by Crippen LogP contribution is 2.32. The smallest absolute Gasteiger partial charge is 0.346 e. The molecule has 0 saturated carbocycles. The molecule has 0 aliphatic rings. The quantitative estimate of drug-likeness (QED) is 0.820. The molecule has 1 aromatic heterocycles. The minimum atomic E-state index is -0.926. The summed E-state index contributed by atoms with van der Waals surface area (Å²) >= 11 is 1.20. The molecule has 0 aliphatic carbocycles. The summed E-state index contributed by atoms with van der Waals surface area (Å²) in [6.07, 6.45) is 0. The molecule has 0 radical (unpaired) electrons. The Kier molecular flexibility index (Phi) is 3.01. The molecular weight excluding hydrogens is 238 g/mol. The van der Waals surface area contributed by atoms with Crippen LogP contribution in [0.5, 0.6) is 5.75 Å². The monoisotopic (exact) mass is 249 g/mol. The summed E-state index contributed by atoms with van der Waals surface area (Å²) in [6, 6.07) is 7.01. The number of nitrogens with two attached hydrogens (primary N) is 1. The summed E-state index contributed by atoms with van der Waals surface area (Å²) in [6.45, 7) is 0. The Morgan fingerprint density at radius 3 is 2.76 bits per heavy atom. The van der Waals surface area contributed by atoms with Crippen molar-refractivity contribution in [2.45, 2.75) is 0 Å². The van der Waals surface area contributed by atoms with Crippen LogP contribution in [0.3, 0.4) is 0 Å². The molecule has 0 unspecified atom stereocenters. The molecule has 0 aliphatic heterocycles. The van der Waals surface area contributed by atoms with Gasteiger partial charge in [0.25, 0.3) is 0 Å². The second-order valence-corrected chi connectivity index (χ2v) is 4.34. The molecule has 0 amide bonds. The number of benzene rings is 1. The molecule has 88 valence electrons. The normalized spacial score (nSPS) is 10.2. The first-order valence-corrected chi connectivity index (χ1v) is 5.76. The molecule has 0 spiro atoms. The van der Waals surface area contributed by atoms with Crippen molar-refractivity contribution >= 4 is 23.0 Å². The van der Waals surface area contributed by atoms with Crippen molar-refractivity contribution in [3.8, 4) is 16.9 Å². The molecule has 1 aromatic carbocycles. The lowest BCUT2D eigenvalue weighted by Gasteiger charge is -2.06. The Hall–Kier alpha value is -2.01. The summed E-state index contributed by atoms with van der Waals surface area (Å²) in [5.74, 6) is -0.342. The summed E-state index contributed by atoms with van der Waals surface area (Å²) < 4.78 is 5.06.